The van der Waals surface area contributed by atoms with Gasteiger partial charge in [0.2, 0.25) is 0 Å². The number of carbonyl (C=O) groups excluding carboxylic acids is 1. The first kappa shape index (κ1) is 11.5. The van der Waals surface area contributed by atoms with Crippen molar-refractivity contribution >= 4 is 6.47 Å². The highest BCUT2D eigenvalue weighted by Crippen LogP contribution is 2.22. The molecule has 1 aliphatic rings. The normalized spacial score (nSPS) is 12.6. The summed E-state index contributed by atoms with van der Waals surface area (Å²) in [6, 6.07) is 8.25. The number of para-hydroxylation sites is 1. The zero-order chi connectivity index (χ0) is 10.9. The zero-order valence-electron chi connectivity index (χ0n) is 8.64. The van der Waals surface area contributed by atoms with Crippen LogP contribution in [-0.4, -0.2) is 20.2 Å². The first-order valence-corrected chi connectivity index (χ1v) is 4.72. The maximum absolute atomic E-state index is 9.06. The van der Waals surface area contributed by atoms with Crippen LogP contribution in [0.15, 0.2) is 24.3 Å². The SMILES string of the molecule is COOC=O.c1ccc2c(c1)CCCO2. The summed E-state index contributed by atoms with van der Waals surface area (Å²) in [7, 11) is 1.26. The monoisotopic (exact) mass is 210 g/mol. The highest BCUT2D eigenvalue weighted by molar-refractivity contribution is 5.35. The Morgan fingerprint density at radius 2 is 2.20 bits per heavy atom. The Morgan fingerprint density at radius 3 is 2.80 bits per heavy atom. The number of hydrogen-bond acceptors (Lipinski definition) is 4. The van der Waals surface area contributed by atoms with Gasteiger partial charge in [0.25, 0.3) is 0 Å². The Hall–Kier alpha value is -1.55. The van der Waals surface area contributed by atoms with Crippen LogP contribution in [0.2, 0.25) is 0 Å². The van der Waals surface area contributed by atoms with Crippen LogP contribution in [0, 0.1) is 0 Å². The number of fused-ring (bicyclic) bond motifs is 1. The molecular formula is C11H14O4. The van der Waals surface area contributed by atoms with E-state index in [0.717, 1.165) is 18.8 Å². The van der Waals surface area contributed by atoms with Gasteiger partial charge in [0.15, 0.2) is 0 Å². The van der Waals surface area contributed by atoms with Crippen molar-refractivity contribution in [2.45, 2.75) is 12.8 Å². The summed E-state index contributed by atoms with van der Waals surface area (Å²) in [6.45, 7) is 1.09. The fourth-order valence-electron chi connectivity index (χ4n) is 1.34. The third kappa shape index (κ3) is 3.99. The summed E-state index contributed by atoms with van der Waals surface area (Å²) in [6.07, 6.45) is 2.34. The number of hydrogen-bond donors (Lipinski definition) is 0. The van der Waals surface area contributed by atoms with E-state index < -0.39 is 0 Å². The predicted molar refractivity (Wildman–Crippen MR) is 54.4 cm³/mol. The van der Waals surface area contributed by atoms with Crippen molar-refractivity contribution < 1.29 is 19.3 Å². The molecule has 4 nitrogen and oxygen atoms in total. The van der Waals surface area contributed by atoms with Gasteiger partial charge in [-0.25, -0.2) is 0 Å². The third-order valence-electron chi connectivity index (χ3n) is 1.96. The van der Waals surface area contributed by atoms with E-state index in [0.29, 0.717) is 0 Å². The van der Waals surface area contributed by atoms with Crippen molar-refractivity contribution in [1.82, 2.24) is 0 Å². The van der Waals surface area contributed by atoms with Gasteiger partial charge in [-0.2, -0.15) is 4.89 Å². The summed E-state index contributed by atoms with van der Waals surface area (Å²) in [5.74, 6) is 1.08. The van der Waals surface area contributed by atoms with E-state index in [1.807, 2.05) is 12.1 Å². The van der Waals surface area contributed by atoms with Crippen LogP contribution in [0.3, 0.4) is 0 Å². The molecule has 0 bridgehead atoms. The van der Waals surface area contributed by atoms with Crippen molar-refractivity contribution in [3.63, 3.8) is 0 Å². The van der Waals surface area contributed by atoms with E-state index in [1.54, 1.807) is 0 Å². The van der Waals surface area contributed by atoms with Crippen LogP contribution >= 0.6 is 0 Å². The maximum atomic E-state index is 9.06. The average Bonchev–Trinajstić information content (AvgIpc) is 2.31. The minimum Gasteiger partial charge on any atom is -0.493 e. The maximum Gasteiger partial charge on any atom is 0.330 e. The Morgan fingerprint density at radius 1 is 1.40 bits per heavy atom. The number of rotatable bonds is 2. The zero-order valence-corrected chi connectivity index (χ0v) is 8.64. The van der Waals surface area contributed by atoms with Crippen LogP contribution < -0.4 is 4.74 Å². The lowest BCUT2D eigenvalue weighted by atomic mass is 10.1. The molecule has 0 amide bonds. The van der Waals surface area contributed by atoms with Crippen LogP contribution in [0.5, 0.6) is 5.75 Å². The van der Waals surface area contributed by atoms with Crippen molar-refractivity contribution in [2.75, 3.05) is 13.7 Å². The molecule has 0 radical (unpaired) electrons. The highest BCUT2D eigenvalue weighted by Gasteiger charge is 2.06. The molecule has 0 aliphatic carbocycles. The summed E-state index contributed by atoms with van der Waals surface area (Å²) >= 11 is 0. The number of aryl methyl sites for hydroxylation is 1. The molecule has 0 saturated heterocycles. The standard InChI is InChI=1S/C9H10O.C2H4O3/c1-2-6-9-8(4-1)5-3-7-10-9;1-4-5-2-3/h1-2,4,6H,3,5,7H2;2H,1H3. The van der Waals surface area contributed by atoms with E-state index in [9.17, 15) is 0 Å². The number of benzene rings is 1. The van der Waals surface area contributed by atoms with E-state index >= 15 is 0 Å². The molecule has 4 heteroatoms. The molecule has 0 N–H and O–H groups in total. The molecule has 0 saturated carbocycles. The third-order valence-corrected chi connectivity index (χ3v) is 1.96. The van der Waals surface area contributed by atoms with Gasteiger partial charge in [-0.15, -0.1) is 0 Å². The largest absolute Gasteiger partial charge is 0.493 e. The van der Waals surface area contributed by atoms with Gasteiger partial charge in [-0.1, -0.05) is 18.2 Å². The van der Waals surface area contributed by atoms with Crippen LogP contribution in [0.1, 0.15) is 12.0 Å². The van der Waals surface area contributed by atoms with Crippen LogP contribution in [0.25, 0.3) is 0 Å². The first-order chi connectivity index (χ1) is 7.38. The fourth-order valence-corrected chi connectivity index (χ4v) is 1.34. The molecule has 15 heavy (non-hydrogen) atoms. The average molecular weight is 210 g/mol. The summed E-state index contributed by atoms with van der Waals surface area (Å²) < 4.78 is 5.42. The molecule has 0 unspecified atom stereocenters. The Kier molecular flexibility index (Phi) is 5.25. The van der Waals surface area contributed by atoms with E-state index in [2.05, 4.69) is 21.9 Å². The smallest absolute Gasteiger partial charge is 0.330 e. The fraction of sp³-hybridized carbons (Fsp3) is 0.364. The molecular weight excluding hydrogens is 196 g/mol. The van der Waals surface area contributed by atoms with Crippen molar-refractivity contribution in [3.05, 3.63) is 29.8 Å². The molecule has 1 heterocycles. The second-order valence-electron chi connectivity index (χ2n) is 2.92. The van der Waals surface area contributed by atoms with Crippen molar-refractivity contribution in [3.8, 4) is 5.75 Å². The summed E-state index contributed by atoms with van der Waals surface area (Å²) in [5, 5.41) is 0. The van der Waals surface area contributed by atoms with Gasteiger partial charge in [0.1, 0.15) is 5.75 Å². The molecule has 1 aromatic rings. The highest BCUT2D eigenvalue weighted by atomic mass is 17.2. The predicted octanol–water partition coefficient (Wildman–Crippen LogP) is 1.73. The van der Waals surface area contributed by atoms with E-state index in [1.165, 1.54) is 19.1 Å². The molecule has 1 aromatic carbocycles. The molecule has 0 fully saturated rings. The van der Waals surface area contributed by atoms with Crippen LogP contribution in [0.4, 0.5) is 0 Å². The number of carbonyl (C=O) groups is 1. The second-order valence-corrected chi connectivity index (χ2v) is 2.92. The lowest BCUT2D eigenvalue weighted by Gasteiger charge is -2.15. The lowest BCUT2D eigenvalue weighted by molar-refractivity contribution is -0.240. The Balaban J connectivity index is 0.000000195. The topological polar surface area (TPSA) is 44.8 Å². The lowest BCUT2D eigenvalue weighted by Crippen LogP contribution is -2.07. The quantitative estimate of drug-likeness (QED) is 0.423. The molecule has 1 aliphatic heterocycles. The minimum atomic E-state index is 0.208. The number of ether oxygens (including phenoxy) is 1. The summed E-state index contributed by atoms with van der Waals surface area (Å²) in [5.41, 5.74) is 1.36. The van der Waals surface area contributed by atoms with Gasteiger partial charge >= 0.3 is 6.47 Å². The molecule has 82 valence electrons. The minimum absolute atomic E-state index is 0.208. The molecule has 2 rings (SSSR count). The van der Waals surface area contributed by atoms with Crippen molar-refractivity contribution in [2.24, 2.45) is 0 Å². The van der Waals surface area contributed by atoms with E-state index in [4.69, 9.17) is 9.53 Å². The molecule has 0 aromatic heterocycles. The summed E-state index contributed by atoms with van der Waals surface area (Å²) in [4.78, 5) is 16.5. The second kappa shape index (κ2) is 6.84. The van der Waals surface area contributed by atoms with Crippen LogP contribution in [-0.2, 0) is 21.0 Å². The van der Waals surface area contributed by atoms with Crippen molar-refractivity contribution in [1.29, 1.82) is 0 Å². The van der Waals surface area contributed by atoms with Gasteiger partial charge in [-0.3, -0.25) is 4.79 Å². The first-order valence-electron chi connectivity index (χ1n) is 4.72. The molecule has 0 atom stereocenters. The Bertz CT molecular complexity index is 273. The van der Waals surface area contributed by atoms with Gasteiger partial charge < -0.3 is 9.62 Å². The molecule has 0 spiro atoms. The van der Waals surface area contributed by atoms with Gasteiger partial charge in [0.05, 0.1) is 13.7 Å². The van der Waals surface area contributed by atoms with E-state index in [-0.39, 0.29) is 6.47 Å². The Labute approximate surface area is 88.7 Å². The van der Waals surface area contributed by atoms with Gasteiger partial charge in [0, 0.05) is 0 Å². The van der Waals surface area contributed by atoms with Gasteiger partial charge in [-0.05, 0) is 24.5 Å².